The van der Waals surface area contributed by atoms with E-state index >= 15 is 0 Å². The first-order chi connectivity index (χ1) is 11.3. The third kappa shape index (κ3) is 3.82. The van der Waals surface area contributed by atoms with Gasteiger partial charge in [-0.1, -0.05) is 30.3 Å². The van der Waals surface area contributed by atoms with Gasteiger partial charge in [0.05, 0.1) is 5.92 Å². The number of carbonyl (C=O) groups excluding carboxylic acids is 3. The zero-order valence-electron chi connectivity index (χ0n) is 14.5. The van der Waals surface area contributed by atoms with Crippen LogP contribution in [0, 0.1) is 12.8 Å². The fourth-order valence-electron chi connectivity index (χ4n) is 2.64. The first-order valence-corrected chi connectivity index (χ1v) is 7.81. The normalized spacial score (nSPS) is 18.4. The van der Waals surface area contributed by atoms with Crippen LogP contribution in [-0.2, 0) is 16.1 Å². The summed E-state index contributed by atoms with van der Waals surface area (Å²) in [6.45, 7) is 2.80. The van der Waals surface area contributed by atoms with Crippen molar-refractivity contribution in [2.24, 2.45) is 5.92 Å². The molecule has 1 aromatic carbocycles. The molecule has 1 fully saturated rings. The molecular formula is C18H23N3O3. The van der Waals surface area contributed by atoms with Crippen molar-refractivity contribution < 1.29 is 14.4 Å². The van der Waals surface area contributed by atoms with Crippen molar-refractivity contribution in [3.8, 4) is 0 Å². The maximum atomic E-state index is 12.3. The molecule has 0 bridgehead atoms. The SMILES string of the molecule is Cc1ccccc1CN(C)C(=O)/C=C/C1CN(C)C(=O)N(C)C1=O. The monoisotopic (exact) mass is 329 g/mol. The maximum absolute atomic E-state index is 12.3. The average molecular weight is 329 g/mol. The van der Waals surface area contributed by atoms with E-state index in [0.717, 1.165) is 16.0 Å². The van der Waals surface area contributed by atoms with Crippen LogP contribution in [0.5, 0.6) is 0 Å². The summed E-state index contributed by atoms with van der Waals surface area (Å²) in [5.41, 5.74) is 2.21. The van der Waals surface area contributed by atoms with Gasteiger partial charge in [0.2, 0.25) is 11.8 Å². The second kappa shape index (κ2) is 7.29. The third-order valence-electron chi connectivity index (χ3n) is 4.25. The van der Waals surface area contributed by atoms with E-state index in [-0.39, 0.29) is 24.4 Å². The fraction of sp³-hybridized carbons (Fsp3) is 0.389. The van der Waals surface area contributed by atoms with Crippen LogP contribution < -0.4 is 0 Å². The van der Waals surface area contributed by atoms with Gasteiger partial charge < -0.3 is 9.80 Å². The fourth-order valence-corrected chi connectivity index (χ4v) is 2.64. The molecule has 1 aliphatic rings. The van der Waals surface area contributed by atoms with Gasteiger partial charge >= 0.3 is 6.03 Å². The van der Waals surface area contributed by atoms with Crippen LogP contribution in [-0.4, -0.2) is 60.2 Å². The molecule has 0 radical (unpaired) electrons. The second-order valence-corrected chi connectivity index (χ2v) is 6.15. The molecule has 2 rings (SSSR count). The minimum Gasteiger partial charge on any atom is -0.338 e. The highest BCUT2D eigenvalue weighted by Crippen LogP contribution is 2.15. The highest BCUT2D eigenvalue weighted by atomic mass is 16.2. The van der Waals surface area contributed by atoms with Crippen LogP contribution in [0.15, 0.2) is 36.4 Å². The van der Waals surface area contributed by atoms with E-state index in [0.29, 0.717) is 6.54 Å². The molecule has 1 aliphatic heterocycles. The van der Waals surface area contributed by atoms with Gasteiger partial charge in [0.15, 0.2) is 0 Å². The standard InChI is InChI=1S/C18H23N3O3/c1-13-7-5-6-8-14(13)11-19(2)16(22)10-9-15-12-20(3)18(24)21(4)17(15)23/h5-10,15H,11-12H2,1-4H3/b10-9+. The van der Waals surface area contributed by atoms with E-state index < -0.39 is 5.92 Å². The molecule has 0 N–H and O–H groups in total. The Hall–Kier alpha value is -2.63. The lowest BCUT2D eigenvalue weighted by atomic mass is 10.0. The Bertz CT molecular complexity index is 684. The number of imide groups is 1. The van der Waals surface area contributed by atoms with E-state index in [1.807, 2.05) is 31.2 Å². The lowest BCUT2D eigenvalue weighted by Gasteiger charge is -2.33. The number of benzene rings is 1. The topological polar surface area (TPSA) is 60.9 Å². The number of hydrogen-bond donors (Lipinski definition) is 0. The van der Waals surface area contributed by atoms with Crippen molar-refractivity contribution >= 4 is 17.8 Å². The minimum absolute atomic E-state index is 0.173. The van der Waals surface area contributed by atoms with Gasteiger partial charge in [-0.25, -0.2) is 4.79 Å². The van der Waals surface area contributed by atoms with Crippen molar-refractivity contribution in [3.63, 3.8) is 0 Å². The molecular weight excluding hydrogens is 306 g/mol. The average Bonchev–Trinajstić information content (AvgIpc) is 2.56. The van der Waals surface area contributed by atoms with Gasteiger partial charge in [-0.15, -0.1) is 0 Å². The molecule has 0 spiro atoms. The molecule has 1 heterocycles. The highest BCUT2D eigenvalue weighted by molar-refractivity contribution is 5.99. The molecule has 6 nitrogen and oxygen atoms in total. The summed E-state index contributed by atoms with van der Waals surface area (Å²) in [4.78, 5) is 40.2. The van der Waals surface area contributed by atoms with Crippen molar-refractivity contribution in [2.45, 2.75) is 13.5 Å². The van der Waals surface area contributed by atoms with E-state index in [9.17, 15) is 14.4 Å². The van der Waals surface area contributed by atoms with Crippen molar-refractivity contribution in [2.75, 3.05) is 27.7 Å². The molecule has 0 saturated carbocycles. The van der Waals surface area contributed by atoms with Crippen LogP contribution in [0.3, 0.4) is 0 Å². The van der Waals surface area contributed by atoms with Gasteiger partial charge in [-0.3, -0.25) is 14.5 Å². The summed E-state index contributed by atoms with van der Waals surface area (Å²) in [5, 5.41) is 0. The zero-order valence-corrected chi connectivity index (χ0v) is 14.5. The second-order valence-electron chi connectivity index (χ2n) is 6.15. The number of hydrogen-bond acceptors (Lipinski definition) is 3. The van der Waals surface area contributed by atoms with E-state index in [2.05, 4.69) is 0 Å². The molecule has 1 saturated heterocycles. The maximum Gasteiger partial charge on any atom is 0.326 e. The molecule has 128 valence electrons. The Balaban J connectivity index is 2.00. The Labute approximate surface area is 142 Å². The largest absolute Gasteiger partial charge is 0.338 e. The highest BCUT2D eigenvalue weighted by Gasteiger charge is 2.33. The van der Waals surface area contributed by atoms with Crippen LogP contribution in [0.1, 0.15) is 11.1 Å². The lowest BCUT2D eigenvalue weighted by molar-refractivity contribution is -0.132. The quantitative estimate of drug-likeness (QED) is 0.789. The summed E-state index contributed by atoms with van der Waals surface area (Å²) in [6, 6.07) is 7.58. The summed E-state index contributed by atoms with van der Waals surface area (Å²) in [6.07, 6.45) is 3.00. The lowest BCUT2D eigenvalue weighted by Crippen LogP contribution is -2.53. The minimum atomic E-state index is -0.492. The number of rotatable bonds is 4. The Morgan fingerprint density at radius 2 is 1.96 bits per heavy atom. The van der Waals surface area contributed by atoms with Gasteiger partial charge in [-0.05, 0) is 24.1 Å². The number of carbonyl (C=O) groups is 3. The van der Waals surface area contributed by atoms with Gasteiger partial charge in [0.1, 0.15) is 0 Å². The van der Waals surface area contributed by atoms with Crippen LogP contribution in [0.4, 0.5) is 4.79 Å². The number of likely N-dealkylation sites (N-methyl/N-ethyl adjacent to an activating group) is 1. The number of aryl methyl sites for hydroxylation is 1. The van der Waals surface area contributed by atoms with Crippen LogP contribution >= 0.6 is 0 Å². The van der Waals surface area contributed by atoms with Crippen molar-refractivity contribution in [1.82, 2.24) is 14.7 Å². The first kappa shape index (κ1) is 17.7. The molecule has 1 aromatic rings. The molecule has 4 amide bonds. The zero-order chi connectivity index (χ0) is 17.9. The molecule has 24 heavy (non-hydrogen) atoms. The van der Waals surface area contributed by atoms with Crippen LogP contribution in [0.25, 0.3) is 0 Å². The summed E-state index contributed by atoms with van der Waals surface area (Å²) < 4.78 is 0. The number of urea groups is 1. The van der Waals surface area contributed by atoms with E-state index in [4.69, 9.17) is 0 Å². The van der Waals surface area contributed by atoms with Gasteiger partial charge in [0.25, 0.3) is 0 Å². The molecule has 0 aliphatic carbocycles. The predicted octanol–water partition coefficient (Wildman–Crippen LogP) is 1.65. The van der Waals surface area contributed by atoms with Crippen molar-refractivity contribution in [1.29, 1.82) is 0 Å². The summed E-state index contributed by atoms with van der Waals surface area (Å²) in [5.74, 6) is -0.953. The van der Waals surface area contributed by atoms with Gasteiger partial charge in [-0.2, -0.15) is 0 Å². The van der Waals surface area contributed by atoms with Gasteiger partial charge in [0, 0.05) is 34.2 Å². The van der Waals surface area contributed by atoms with Crippen molar-refractivity contribution in [3.05, 3.63) is 47.5 Å². The Morgan fingerprint density at radius 3 is 2.62 bits per heavy atom. The molecule has 0 aromatic heterocycles. The predicted molar refractivity (Wildman–Crippen MR) is 91.1 cm³/mol. The van der Waals surface area contributed by atoms with E-state index in [1.54, 1.807) is 25.1 Å². The Morgan fingerprint density at radius 1 is 1.29 bits per heavy atom. The number of nitrogens with zero attached hydrogens (tertiary/aromatic N) is 3. The summed E-state index contributed by atoms with van der Waals surface area (Å²) in [7, 11) is 4.81. The first-order valence-electron chi connectivity index (χ1n) is 7.81. The number of amides is 4. The summed E-state index contributed by atoms with van der Waals surface area (Å²) >= 11 is 0. The molecule has 1 unspecified atom stereocenters. The third-order valence-corrected chi connectivity index (χ3v) is 4.25. The smallest absolute Gasteiger partial charge is 0.326 e. The Kier molecular flexibility index (Phi) is 5.39. The molecule has 6 heteroatoms. The van der Waals surface area contributed by atoms with Crippen LogP contribution in [0.2, 0.25) is 0 Å². The molecule has 1 atom stereocenters. The van der Waals surface area contributed by atoms with E-state index in [1.165, 1.54) is 18.0 Å².